The molecule has 0 saturated carbocycles. The Hall–Kier alpha value is -2.29. The van der Waals surface area contributed by atoms with Crippen molar-refractivity contribution in [3.63, 3.8) is 0 Å². The number of rotatable bonds is 12. The third-order valence-corrected chi connectivity index (χ3v) is 8.45. The number of hydrogen-bond acceptors (Lipinski definition) is 8. The highest BCUT2D eigenvalue weighted by molar-refractivity contribution is 14.1. The molecule has 2 rings (SSSR count). The molecule has 10 nitrogen and oxygen atoms in total. The first-order chi connectivity index (χ1) is 20.6. The summed E-state index contributed by atoms with van der Waals surface area (Å²) in [5, 5.41) is 9.54. The molecule has 1 N–H and O–H groups in total. The van der Waals surface area contributed by atoms with E-state index in [-0.39, 0.29) is 36.3 Å². The number of carboxylic acid groups (broad SMARTS) is 1. The maximum absolute atomic E-state index is 13.7. The predicted molar refractivity (Wildman–Crippen MR) is 183 cm³/mol. The molecule has 45 heavy (non-hydrogen) atoms. The van der Waals surface area contributed by atoms with E-state index in [1.165, 1.54) is 17.0 Å². The summed E-state index contributed by atoms with van der Waals surface area (Å²) in [4.78, 5) is 39.9. The van der Waals surface area contributed by atoms with Crippen molar-refractivity contribution in [2.45, 2.75) is 98.3 Å². The number of ether oxygens (including phenoxy) is 5. The van der Waals surface area contributed by atoms with E-state index in [0.29, 0.717) is 5.56 Å². The zero-order valence-corrected chi connectivity index (χ0v) is 31.6. The third-order valence-electron chi connectivity index (χ3n) is 5.58. The van der Waals surface area contributed by atoms with Crippen molar-refractivity contribution in [1.82, 2.24) is 4.90 Å². The summed E-state index contributed by atoms with van der Waals surface area (Å²) in [6, 6.07) is 7.47. The molecule has 0 fully saturated rings. The van der Waals surface area contributed by atoms with E-state index < -0.39 is 47.5 Å². The normalized spacial score (nSPS) is 12.7. The van der Waals surface area contributed by atoms with Crippen molar-refractivity contribution in [2.24, 2.45) is 0 Å². The molecule has 2 aromatic carbocycles. The molecule has 0 unspecified atom stereocenters. The molecule has 0 saturated heterocycles. The fourth-order valence-electron chi connectivity index (χ4n) is 3.69. The van der Waals surface area contributed by atoms with Crippen molar-refractivity contribution in [2.75, 3.05) is 13.2 Å². The molecule has 0 radical (unpaired) electrons. The molecule has 0 heterocycles. The third kappa shape index (κ3) is 13.5. The molecular weight excluding hydrogens is 785 g/mol. The Morgan fingerprint density at radius 3 is 2.09 bits per heavy atom. The van der Waals surface area contributed by atoms with Crippen LogP contribution in [0.5, 0.6) is 11.5 Å². The number of carbonyl (C=O) groups excluding carboxylic acids is 2. The highest BCUT2D eigenvalue weighted by Crippen LogP contribution is 2.36. The maximum Gasteiger partial charge on any atom is 0.411 e. The molecular formula is C32H42BrClINO9. The van der Waals surface area contributed by atoms with Gasteiger partial charge in [-0.05, 0) is 113 Å². The lowest BCUT2D eigenvalue weighted by atomic mass is 10.1. The summed E-state index contributed by atoms with van der Waals surface area (Å²) in [7, 11) is 0. The molecule has 0 spiro atoms. The lowest BCUT2D eigenvalue weighted by Gasteiger charge is -2.35. The van der Waals surface area contributed by atoms with Crippen LogP contribution in [0, 0.1) is 3.57 Å². The van der Waals surface area contributed by atoms with E-state index in [1.54, 1.807) is 41.5 Å². The van der Waals surface area contributed by atoms with Crippen molar-refractivity contribution < 1.29 is 43.2 Å². The number of halogens is 3. The average molecular weight is 827 g/mol. The number of benzene rings is 2. The van der Waals surface area contributed by atoms with Crippen LogP contribution in [0.1, 0.15) is 73.4 Å². The van der Waals surface area contributed by atoms with Crippen molar-refractivity contribution in [3.05, 3.63) is 54.5 Å². The number of carbonyl (C=O) groups is 3. The van der Waals surface area contributed by atoms with Gasteiger partial charge in [-0.1, -0.05) is 23.7 Å². The molecule has 0 aliphatic heterocycles. The molecule has 250 valence electrons. The monoisotopic (exact) mass is 825 g/mol. The molecule has 0 bridgehead atoms. The average Bonchev–Trinajstić information content (AvgIpc) is 2.86. The quantitative estimate of drug-likeness (QED) is 0.168. The topological polar surface area (TPSA) is 121 Å². The van der Waals surface area contributed by atoms with Gasteiger partial charge in [0.05, 0.1) is 23.8 Å². The van der Waals surface area contributed by atoms with E-state index in [0.717, 1.165) is 13.6 Å². The van der Waals surface area contributed by atoms with Gasteiger partial charge in [0.2, 0.25) is 0 Å². The van der Waals surface area contributed by atoms with Crippen molar-refractivity contribution in [1.29, 1.82) is 0 Å². The smallest absolute Gasteiger partial charge is 0.411 e. The van der Waals surface area contributed by atoms with Gasteiger partial charge in [0.15, 0.2) is 12.6 Å². The first-order valence-corrected chi connectivity index (χ1v) is 16.4. The van der Waals surface area contributed by atoms with Gasteiger partial charge in [-0.15, -0.1) is 0 Å². The summed E-state index contributed by atoms with van der Waals surface area (Å²) in [5.41, 5.74) is -1.24. The Morgan fingerprint density at radius 2 is 1.53 bits per heavy atom. The largest absolute Gasteiger partial charge is 0.487 e. The highest BCUT2D eigenvalue weighted by atomic mass is 127. The van der Waals surface area contributed by atoms with E-state index >= 15 is 0 Å². The summed E-state index contributed by atoms with van der Waals surface area (Å²) in [6.45, 7) is 14.7. The summed E-state index contributed by atoms with van der Waals surface area (Å²) < 4.78 is 30.8. The Morgan fingerprint density at radius 1 is 0.911 bits per heavy atom. The van der Waals surface area contributed by atoms with Gasteiger partial charge in [-0.3, -0.25) is 4.90 Å². The summed E-state index contributed by atoms with van der Waals surface area (Å²) >= 11 is 12.4. The van der Waals surface area contributed by atoms with Crippen LogP contribution in [0.25, 0.3) is 0 Å². The number of carboxylic acids is 1. The second-order valence-electron chi connectivity index (χ2n) is 13.2. The maximum atomic E-state index is 13.7. The van der Waals surface area contributed by atoms with Gasteiger partial charge >= 0.3 is 18.0 Å². The van der Waals surface area contributed by atoms with Crippen LogP contribution in [0.4, 0.5) is 4.79 Å². The van der Waals surface area contributed by atoms with Crippen molar-refractivity contribution >= 4 is 68.2 Å². The molecule has 13 heteroatoms. The second kappa shape index (κ2) is 16.0. The minimum Gasteiger partial charge on any atom is -0.487 e. The summed E-state index contributed by atoms with van der Waals surface area (Å²) in [5.74, 6) is -1.60. The van der Waals surface area contributed by atoms with Gasteiger partial charge in [-0.2, -0.15) is 0 Å². The van der Waals surface area contributed by atoms with Gasteiger partial charge < -0.3 is 28.8 Å². The molecule has 2 aromatic rings. The number of amides is 1. The second-order valence-corrected chi connectivity index (χ2v) is 15.5. The van der Waals surface area contributed by atoms with Crippen LogP contribution in [0.15, 0.2) is 34.8 Å². The van der Waals surface area contributed by atoms with E-state index in [2.05, 4.69) is 38.5 Å². The number of nitrogens with zero attached hydrogens (tertiary/aromatic N) is 1. The predicted octanol–water partition coefficient (Wildman–Crippen LogP) is 8.01. The van der Waals surface area contributed by atoms with Gasteiger partial charge in [0, 0.05) is 25.2 Å². The SMILES string of the molecule is CC(C)(C)OC[C@@H](C(=O)OC(C)(C)C)N(Cc1cc(Cl)c(OCc2cccc(I)c2Br)cc1OCC(=O)O)C(=O)OC(C)(C)C. The van der Waals surface area contributed by atoms with E-state index in [9.17, 15) is 19.5 Å². The first-order valence-electron chi connectivity index (χ1n) is 14.2. The number of esters is 1. The van der Waals surface area contributed by atoms with Crippen LogP contribution < -0.4 is 9.47 Å². The standard InChI is InChI=1S/C32H42BrClINO9/c1-30(2,3)43-17-23(28(39)44-31(4,5)6)36(29(40)45-32(7,8)9)15-20-13-21(34)25(14-24(20)42-18-26(37)38)41-16-19-11-10-12-22(35)27(19)33/h10-14,23H,15-18H2,1-9H3,(H,37,38)/t23-/m0/s1. The molecule has 0 aliphatic carbocycles. The Bertz CT molecular complexity index is 1370. The molecule has 1 amide bonds. The van der Waals surface area contributed by atoms with Crippen LogP contribution in [0.3, 0.4) is 0 Å². The van der Waals surface area contributed by atoms with Gasteiger partial charge in [0.1, 0.15) is 29.3 Å². The molecule has 0 aliphatic rings. The zero-order chi connectivity index (χ0) is 34.3. The minimum atomic E-state index is -1.24. The fraction of sp³-hybridized carbons (Fsp3) is 0.531. The van der Waals surface area contributed by atoms with Crippen LogP contribution in [-0.4, -0.2) is 64.1 Å². The molecule has 1 atom stereocenters. The summed E-state index contributed by atoms with van der Waals surface area (Å²) in [6.07, 6.45) is -0.819. The Labute approximate surface area is 292 Å². The zero-order valence-electron chi connectivity index (χ0n) is 27.1. The van der Waals surface area contributed by atoms with Crippen molar-refractivity contribution in [3.8, 4) is 11.5 Å². The van der Waals surface area contributed by atoms with E-state index in [1.807, 2.05) is 39.0 Å². The Balaban J connectivity index is 2.60. The first kappa shape index (κ1) is 38.9. The minimum absolute atomic E-state index is 0.0896. The number of aliphatic carboxylic acids is 1. The number of hydrogen-bond donors (Lipinski definition) is 1. The highest BCUT2D eigenvalue weighted by Gasteiger charge is 2.38. The Kier molecular flexibility index (Phi) is 13.8. The van der Waals surface area contributed by atoms with Crippen LogP contribution in [-0.2, 0) is 37.0 Å². The van der Waals surface area contributed by atoms with Gasteiger partial charge in [-0.25, -0.2) is 14.4 Å². The van der Waals surface area contributed by atoms with Gasteiger partial charge in [0.25, 0.3) is 0 Å². The molecule has 0 aromatic heterocycles. The lowest BCUT2D eigenvalue weighted by Crippen LogP contribution is -2.51. The van der Waals surface area contributed by atoms with Crippen LogP contribution >= 0.6 is 50.1 Å². The van der Waals surface area contributed by atoms with E-state index in [4.69, 9.17) is 35.3 Å². The lowest BCUT2D eigenvalue weighted by molar-refractivity contribution is -0.166. The fourth-order valence-corrected chi connectivity index (χ4v) is 4.86. The van der Waals surface area contributed by atoms with Crippen LogP contribution in [0.2, 0.25) is 5.02 Å².